The van der Waals surface area contributed by atoms with Crippen molar-refractivity contribution in [3.8, 4) is 0 Å². The lowest BCUT2D eigenvalue weighted by Gasteiger charge is -2.38. The van der Waals surface area contributed by atoms with E-state index in [1.54, 1.807) is 49.8 Å². The number of nitrogens with zero attached hydrogens (tertiary/aromatic N) is 3. The molecule has 8 fully saturated rings. The van der Waals surface area contributed by atoms with Crippen LogP contribution in [0.15, 0.2) is 92.4 Å². The van der Waals surface area contributed by atoms with Crippen molar-refractivity contribution in [2.24, 2.45) is 0 Å². The highest BCUT2D eigenvalue weighted by Gasteiger charge is 2.67. The zero-order valence-electron chi connectivity index (χ0n) is 51.2. The molecule has 3 aromatic heterocycles. The molecule has 6 N–H and O–H groups in total. The van der Waals surface area contributed by atoms with E-state index in [2.05, 4.69) is 28.2 Å². The Labute approximate surface area is 524 Å². The van der Waals surface area contributed by atoms with Gasteiger partial charge in [0.25, 0.3) is 16.7 Å². The first kappa shape index (κ1) is 72.3. The minimum atomic E-state index is -4.30. The van der Waals surface area contributed by atoms with E-state index in [4.69, 9.17) is 70.4 Å². The number of methoxy groups -OCH3 is 4. The molecule has 8 bridgehead atoms. The average Bonchev–Trinajstić information content (AvgIpc) is 1.59. The number of H-pyrrole nitrogens is 1. The molecule has 4 aromatic rings. The van der Waals surface area contributed by atoms with Gasteiger partial charge in [0.2, 0.25) is 0 Å². The summed E-state index contributed by atoms with van der Waals surface area (Å²) in [6.07, 6.45) is -2.86. The quantitative estimate of drug-likeness (QED) is 0.0564. The molecule has 8 aliphatic heterocycles. The minimum absolute atomic E-state index is 0.0662. The highest BCUT2D eigenvalue weighted by Crippen LogP contribution is 2.57. The maximum atomic E-state index is 12.9. The van der Waals surface area contributed by atoms with Crippen LogP contribution in [0.1, 0.15) is 32.0 Å². The van der Waals surface area contributed by atoms with Gasteiger partial charge in [-0.25, -0.2) is 28.1 Å². The Balaban J connectivity index is 0.000000146. The fourth-order valence-electron chi connectivity index (χ4n) is 12.3. The molecule has 8 saturated heterocycles. The van der Waals surface area contributed by atoms with Gasteiger partial charge in [-0.15, -0.1) is 0 Å². The van der Waals surface area contributed by atoms with Crippen molar-refractivity contribution in [2.75, 3.05) is 110 Å². The van der Waals surface area contributed by atoms with Gasteiger partial charge in [-0.2, -0.15) is 0 Å². The van der Waals surface area contributed by atoms with E-state index in [1.165, 1.54) is 48.8 Å². The first-order valence-electron chi connectivity index (χ1n) is 28.2. The number of hydrogen-bond acceptors (Lipinski definition) is 27. The van der Waals surface area contributed by atoms with Crippen molar-refractivity contribution in [3.63, 3.8) is 0 Å². The van der Waals surface area contributed by atoms with Crippen LogP contribution in [0.25, 0.3) is 10.8 Å². The molecule has 0 spiro atoms. The zero-order chi connectivity index (χ0) is 66.8. The summed E-state index contributed by atoms with van der Waals surface area (Å²) in [6, 6.07) is 14.1. The van der Waals surface area contributed by atoms with Gasteiger partial charge < -0.3 is 80.9 Å². The highest BCUT2D eigenvalue weighted by molar-refractivity contribution is 7.50. The van der Waals surface area contributed by atoms with Crippen LogP contribution in [-0.2, 0) is 107 Å². The summed E-state index contributed by atoms with van der Waals surface area (Å²) in [5, 5.41) is 3.84. The van der Waals surface area contributed by atoms with E-state index in [1.807, 2.05) is 19.1 Å². The number of rotatable bonds is 23. The fraction of sp³-hybridized carbons (Fsp3) is 0.654. The topological polar surface area (TPSA) is 435 Å². The molecule has 0 amide bonds. The fourth-order valence-corrected chi connectivity index (χ4v) is 15.2. The van der Waals surface area contributed by atoms with Crippen LogP contribution >= 0.6 is 31.2 Å². The molecule has 0 saturated carbocycles. The molecule has 20 atom stereocenters. The molecule has 1 aromatic carbocycles. The Morgan fingerprint density at radius 2 is 1.01 bits per heavy atom. The van der Waals surface area contributed by atoms with Gasteiger partial charge in [-0.1, -0.05) is 24.3 Å². The number of aromatic nitrogens is 4. The molecule has 8 unspecified atom stereocenters. The lowest BCUT2D eigenvalue weighted by atomic mass is 9.90. The molecule has 40 heteroatoms. The number of pyridine rings is 2. The molecule has 36 nitrogen and oxygen atoms in total. The Morgan fingerprint density at radius 3 is 1.55 bits per heavy atom. The second-order valence-corrected chi connectivity index (χ2v) is 28.4. The molecular formula is C52H75N5O31P4. The highest BCUT2D eigenvalue weighted by atomic mass is 31.2. The Bertz CT molecular complexity index is 3670. The lowest BCUT2D eigenvalue weighted by molar-refractivity contribution is -0.190. The van der Waals surface area contributed by atoms with Crippen molar-refractivity contribution in [2.45, 2.75) is 109 Å². The summed E-state index contributed by atoms with van der Waals surface area (Å²) < 4.78 is 152. The standard InChI is InChI=1S/C17H20NO8P.C13H18NO8P.C12H18N3O8P.C10H19O7P/c1-22-9-17-10-24-13(14(17)26-27(20,21)23-2)16(25-17)18-8-7-11-5-3-4-6-12(11)15(18)19;1-18-7-13-8-20-10(11(13)22-23(16,17)19-2)12(21-13)14-6-4-3-5-9(14)15;1-20-5-12-6-22-8(9(12)14-24(18,19)21-2)10(23-12)15-4-3-7(16)13-11(15)17;1-7-8-9(17-18(11,12)14-3)10(16-7,6-13-2)4-5-15-8/h3-8,13-14,16H,9-10H2,1-2H3,(H,20,21);3-6,10-12H,7-8H2,1-2H3,(H,16,17);3-4,8-10H,5-6H2,1-2H3,(H,13,16,17)(H2,14,18,19);7-9H,4-6H2,1-3H3,(H,11,12)/t13-,14?,16-,17+;10-,11?,12-,13+;8-,9?,10-,12+;7-,8-,9?,10+/m1110/s1. The van der Waals surface area contributed by atoms with Crippen molar-refractivity contribution in [1.29, 1.82) is 0 Å². The van der Waals surface area contributed by atoms with Crippen molar-refractivity contribution in [3.05, 3.63) is 115 Å². The third kappa shape index (κ3) is 14.8. The Morgan fingerprint density at radius 1 is 0.533 bits per heavy atom. The summed E-state index contributed by atoms with van der Waals surface area (Å²) in [6.45, 7) is 3.20. The number of benzene rings is 1. The summed E-state index contributed by atoms with van der Waals surface area (Å²) in [5.41, 5.74) is -5.76. The van der Waals surface area contributed by atoms with E-state index in [9.17, 15) is 57.0 Å². The van der Waals surface area contributed by atoms with Crippen LogP contribution in [0.4, 0.5) is 0 Å². The summed E-state index contributed by atoms with van der Waals surface area (Å²) in [5.74, 6) is 0. The summed E-state index contributed by atoms with van der Waals surface area (Å²) in [4.78, 5) is 88.9. The van der Waals surface area contributed by atoms with Crippen molar-refractivity contribution < 1.29 is 126 Å². The Kier molecular flexibility index (Phi) is 22.8. The predicted molar refractivity (Wildman–Crippen MR) is 312 cm³/mol. The van der Waals surface area contributed by atoms with Crippen molar-refractivity contribution in [1.82, 2.24) is 23.8 Å². The van der Waals surface area contributed by atoms with E-state index in [-0.39, 0.29) is 69.6 Å². The number of phosphoric ester groups is 3. The maximum absolute atomic E-state index is 12.9. The molecule has 0 radical (unpaired) electrons. The summed E-state index contributed by atoms with van der Waals surface area (Å²) >= 11 is 0. The monoisotopic (exact) mass is 1390 g/mol. The van der Waals surface area contributed by atoms with Gasteiger partial charge in [-0.05, 0) is 30.5 Å². The van der Waals surface area contributed by atoms with Crippen molar-refractivity contribution >= 4 is 42.0 Å². The zero-order valence-corrected chi connectivity index (χ0v) is 54.7. The SMILES string of the molecule is COC[C@]12CCO[C@H](C1OP(=O)(O)OC)[C@H](C)O2.COC[C@]12CO[C@H](C1NP(=O)(O)OC)[C@H](n1ccc(=O)[nH]c1=O)O2.COC[C@]12CO[C@H](C1OP(=O)(O)OC)[C@H](n1ccc3ccccc3c1=O)O2.COC[C@]12CO[C@H](C1OP(=O)(O)OC)[C@H](n1ccccc1=O)O2. The maximum Gasteiger partial charge on any atom is 0.472 e. The third-order valence-electron chi connectivity index (χ3n) is 16.4. The number of hydrogen-bond donors (Lipinski definition) is 6. The van der Waals surface area contributed by atoms with Gasteiger partial charge >= 0.3 is 36.9 Å². The van der Waals surface area contributed by atoms with Gasteiger partial charge in [-0.3, -0.25) is 60.2 Å². The lowest BCUT2D eigenvalue weighted by Crippen LogP contribution is -2.52. The second-order valence-electron chi connectivity index (χ2n) is 22.2. The normalized spacial score (nSPS) is 35.6. The smallest absolute Gasteiger partial charge is 0.382 e. The van der Waals surface area contributed by atoms with Gasteiger partial charge in [0, 0.05) is 99.4 Å². The third-order valence-corrected chi connectivity index (χ3v) is 20.4. The van der Waals surface area contributed by atoms with Gasteiger partial charge in [0.05, 0.1) is 65.0 Å². The number of ether oxygens (including phenoxy) is 12. The van der Waals surface area contributed by atoms with E-state index in [0.717, 1.165) is 38.4 Å². The minimum Gasteiger partial charge on any atom is -0.382 e. The summed E-state index contributed by atoms with van der Waals surface area (Å²) in [7, 11) is -6.38. The number of fused-ring (bicyclic) bond motifs is 9. The molecular weight excluding hydrogens is 1310 g/mol. The van der Waals surface area contributed by atoms with Crippen LogP contribution in [-0.4, -0.2) is 225 Å². The molecule has 8 aliphatic rings. The number of phosphoric acid groups is 3. The predicted octanol–water partition coefficient (Wildman–Crippen LogP) is 1.01. The van der Waals surface area contributed by atoms with E-state index < -0.39 is 126 Å². The average molecular weight is 1390 g/mol. The molecule has 12 rings (SSSR count). The number of nitrogens with one attached hydrogen (secondary N) is 2. The molecule has 11 heterocycles. The first-order chi connectivity index (χ1) is 43.6. The van der Waals surface area contributed by atoms with E-state index in [0.29, 0.717) is 18.4 Å². The molecule has 0 aliphatic carbocycles. The first-order valence-corrected chi connectivity index (χ1v) is 34.2. The Hall–Kier alpha value is -3.98. The van der Waals surface area contributed by atoms with Crippen LogP contribution in [0.2, 0.25) is 0 Å². The second kappa shape index (κ2) is 29.0. The van der Waals surface area contributed by atoms with E-state index >= 15 is 0 Å². The van der Waals surface area contributed by atoms with Gasteiger partial charge in [0.1, 0.15) is 65.1 Å². The largest absolute Gasteiger partial charge is 0.472 e. The van der Waals surface area contributed by atoms with Crippen LogP contribution in [0.3, 0.4) is 0 Å². The molecule has 92 heavy (non-hydrogen) atoms. The molecule has 514 valence electrons. The number of aromatic amines is 1. The van der Waals surface area contributed by atoms with Crippen LogP contribution in [0, 0.1) is 0 Å². The van der Waals surface area contributed by atoms with Crippen LogP contribution < -0.4 is 27.5 Å². The van der Waals surface area contributed by atoms with Crippen LogP contribution in [0.5, 0.6) is 0 Å². The van der Waals surface area contributed by atoms with Gasteiger partial charge in [0.15, 0.2) is 18.7 Å².